The van der Waals surface area contributed by atoms with Crippen LogP contribution in [0.15, 0.2) is 52.7 Å². The first kappa shape index (κ1) is 21.3. The maximum absolute atomic E-state index is 12.2. The summed E-state index contributed by atoms with van der Waals surface area (Å²) < 4.78 is 17.1. The number of hydrogen-bond donors (Lipinski definition) is 3. The molecule has 1 aromatic heterocycles. The molecule has 1 amide bonds. The fourth-order valence-corrected chi connectivity index (χ4v) is 3.46. The van der Waals surface area contributed by atoms with Gasteiger partial charge in [-0.05, 0) is 37.3 Å². The summed E-state index contributed by atoms with van der Waals surface area (Å²) in [5, 5.41) is 15.4. The number of benzene rings is 2. The van der Waals surface area contributed by atoms with Gasteiger partial charge in [0.1, 0.15) is 5.75 Å². The number of rotatable bonds is 8. The number of amides is 1. The van der Waals surface area contributed by atoms with Crippen molar-refractivity contribution < 1.29 is 19.0 Å². The number of hydrazone groups is 1. The molecule has 2 heterocycles. The zero-order chi connectivity index (χ0) is 22.5. The van der Waals surface area contributed by atoms with Gasteiger partial charge in [-0.1, -0.05) is 17.8 Å². The van der Waals surface area contributed by atoms with Gasteiger partial charge in [0.2, 0.25) is 17.9 Å². The van der Waals surface area contributed by atoms with Crippen molar-refractivity contribution in [1.82, 2.24) is 14.9 Å². The predicted molar refractivity (Wildman–Crippen MR) is 121 cm³/mol. The molecule has 0 bridgehead atoms. The fraction of sp³-hybridized carbons (Fsp3) is 0.200. The molecule has 3 aromatic rings. The van der Waals surface area contributed by atoms with Crippen LogP contribution in [-0.4, -0.2) is 46.1 Å². The molecular weight excluding hydrogens is 434 g/mol. The van der Waals surface area contributed by atoms with E-state index in [1.165, 1.54) is 4.68 Å². The van der Waals surface area contributed by atoms with E-state index in [9.17, 15) is 4.79 Å². The first-order valence-corrected chi connectivity index (χ1v) is 10.5. The summed E-state index contributed by atoms with van der Waals surface area (Å²) in [4.78, 5) is 12.2. The van der Waals surface area contributed by atoms with Crippen molar-refractivity contribution in [2.45, 2.75) is 12.1 Å². The van der Waals surface area contributed by atoms with Crippen LogP contribution in [-0.2, 0) is 4.79 Å². The number of nitrogen functional groups attached to an aromatic ring is 1. The Balaban J connectivity index is 1.33. The second kappa shape index (κ2) is 9.47. The molecule has 0 unspecified atom stereocenters. The Morgan fingerprint density at radius 3 is 2.94 bits per heavy atom. The summed E-state index contributed by atoms with van der Waals surface area (Å²) in [7, 11) is 1.57. The minimum atomic E-state index is -0.211. The highest BCUT2D eigenvalue weighted by molar-refractivity contribution is 7.99. The summed E-state index contributed by atoms with van der Waals surface area (Å²) in [6.45, 7) is 2.04. The van der Waals surface area contributed by atoms with Gasteiger partial charge in [0.15, 0.2) is 11.5 Å². The second-order valence-electron chi connectivity index (χ2n) is 6.62. The highest BCUT2D eigenvalue weighted by atomic mass is 32.2. The number of nitrogens with one attached hydrogen (secondary N) is 2. The number of anilines is 2. The van der Waals surface area contributed by atoms with Gasteiger partial charge in [-0.3, -0.25) is 4.79 Å². The number of methoxy groups -OCH3 is 1. The van der Waals surface area contributed by atoms with Crippen molar-refractivity contribution >= 4 is 35.0 Å². The maximum Gasteiger partial charge on any atom is 0.264 e. The molecule has 0 radical (unpaired) electrons. The maximum atomic E-state index is 12.2. The Kier molecular flexibility index (Phi) is 6.31. The smallest absolute Gasteiger partial charge is 0.264 e. The molecule has 166 valence electrons. The van der Waals surface area contributed by atoms with E-state index in [0.29, 0.717) is 33.8 Å². The quantitative estimate of drug-likeness (QED) is 0.202. The average Bonchev–Trinajstić information content (AvgIpc) is 3.42. The third kappa shape index (κ3) is 4.86. The molecule has 12 heteroatoms. The van der Waals surface area contributed by atoms with Crippen molar-refractivity contribution in [3.05, 3.63) is 48.0 Å². The van der Waals surface area contributed by atoms with E-state index in [2.05, 4.69) is 26.0 Å². The molecule has 32 heavy (non-hydrogen) atoms. The van der Waals surface area contributed by atoms with Crippen molar-refractivity contribution in [1.29, 1.82) is 0 Å². The van der Waals surface area contributed by atoms with Crippen molar-refractivity contribution in [2.24, 2.45) is 5.10 Å². The molecule has 0 fully saturated rings. The molecule has 0 spiro atoms. The lowest BCUT2D eigenvalue weighted by Gasteiger charge is -2.07. The number of carbonyl (C=O) groups is 1. The second-order valence-corrected chi connectivity index (χ2v) is 7.56. The first-order chi connectivity index (χ1) is 15.5. The van der Waals surface area contributed by atoms with Crippen molar-refractivity contribution in [3.63, 3.8) is 0 Å². The molecule has 1 aliphatic rings. The number of ether oxygens (including phenoxy) is 3. The summed E-state index contributed by atoms with van der Waals surface area (Å²) in [5.74, 6) is 8.19. The van der Waals surface area contributed by atoms with E-state index in [1.807, 2.05) is 25.1 Å². The largest absolute Gasteiger partial charge is 0.497 e. The molecular formula is C20H21N7O4S. The average molecular weight is 456 g/mol. The standard InChI is InChI=1S/C20H21N7O4S/c1-12(13-6-7-16-17(8-13)31-11-30-16)23-24-19-25-26-20(27(19)21)32-10-18(28)22-14-4-3-5-15(9-14)29-2/h3-9H,10-11,21H2,1-2H3,(H,22,28)(H,24,25)/b23-12+. The molecule has 0 aliphatic carbocycles. The molecule has 0 saturated heterocycles. The van der Waals surface area contributed by atoms with E-state index in [4.69, 9.17) is 20.1 Å². The SMILES string of the molecule is COc1cccc(NC(=O)CSc2nnc(N/N=C(\C)c3ccc4c(c3)OCO4)n2N)c1. The summed E-state index contributed by atoms with van der Waals surface area (Å²) >= 11 is 1.15. The number of nitrogens with zero attached hydrogens (tertiary/aromatic N) is 4. The molecule has 4 rings (SSSR count). The Bertz CT molecular complexity index is 1160. The van der Waals surface area contributed by atoms with Gasteiger partial charge < -0.3 is 25.4 Å². The first-order valence-electron chi connectivity index (χ1n) is 9.51. The number of hydrogen-bond acceptors (Lipinski definition) is 10. The Morgan fingerprint density at radius 2 is 2.09 bits per heavy atom. The van der Waals surface area contributed by atoms with Crippen LogP contribution in [0.25, 0.3) is 0 Å². The normalized spacial score (nSPS) is 12.5. The Labute approximate surface area is 187 Å². The summed E-state index contributed by atoms with van der Waals surface area (Å²) in [6.07, 6.45) is 0. The highest BCUT2D eigenvalue weighted by Gasteiger charge is 2.15. The van der Waals surface area contributed by atoms with Crippen LogP contribution in [0.5, 0.6) is 17.2 Å². The number of carbonyl (C=O) groups excluding carboxylic acids is 1. The van der Waals surface area contributed by atoms with Crippen LogP contribution in [0.1, 0.15) is 12.5 Å². The topological polar surface area (TPSA) is 138 Å². The van der Waals surface area contributed by atoms with E-state index in [-0.39, 0.29) is 24.4 Å². The van der Waals surface area contributed by atoms with E-state index >= 15 is 0 Å². The van der Waals surface area contributed by atoms with E-state index in [1.54, 1.807) is 31.4 Å². The van der Waals surface area contributed by atoms with Gasteiger partial charge in [-0.2, -0.15) is 5.10 Å². The van der Waals surface area contributed by atoms with E-state index in [0.717, 1.165) is 17.3 Å². The van der Waals surface area contributed by atoms with E-state index < -0.39 is 0 Å². The van der Waals surface area contributed by atoms with Crippen LogP contribution in [0.3, 0.4) is 0 Å². The summed E-state index contributed by atoms with van der Waals surface area (Å²) in [5.41, 5.74) is 4.98. The molecule has 0 atom stereocenters. The molecule has 1 aliphatic heterocycles. The Morgan fingerprint density at radius 1 is 1.25 bits per heavy atom. The summed E-state index contributed by atoms with van der Waals surface area (Å²) in [6, 6.07) is 12.7. The lowest BCUT2D eigenvalue weighted by atomic mass is 10.1. The third-order valence-electron chi connectivity index (χ3n) is 4.46. The van der Waals surface area contributed by atoms with Gasteiger partial charge in [0.05, 0.1) is 18.6 Å². The van der Waals surface area contributed by atoms with Crippen LogP contribution in [0.2, 0.25) is 0 Å². The lowest BCUT2D eigenvalue weighted by Crippen LogP contribution is -2.17. The molecule has 2 aromatic carbocycles. The lowest BCUT2D eigenvalue weighted by molar-refractivity contribution is -0.113. The third-order valence-corrected chi connectivity index (χ3v) is 5.41. The Hall–Kier alpha value is -3.93. The number of thioether (sulfide) groups is 1. The van der Waals surface area contributed by atoms with Gasteiger partial charge in [-0.15, -0.1) is 10.2 Å². The minimum Gasteiger partial charge on any atom is -0.497 e. The van der Waals surface area contributed by atoms with Crippen LogP contribution >= 0.6 is 11.8 Å². The minimum absolute atomic E-state index is 0.103. The van der Waals surface area contributed by atoms with Gasteiger partial charge in [-0.25, -0.2) is 10.1 Å². The van der Waals surface area contributed by atoms with Crippen LogP contribution in [0, 0.1) is 0 Å². The number of fused-ring (bicyclic) bond motifs is 1. The zero-order valence-electron chi connectivity index (χ0n) is 17.4. The molecule has 11 nitrogen and oxygen atoms in total. The zero-order valence-corrected chi connectivity index (χ0v) is 18.2. The van der Waals surface area contributed by atoms with Gasteiger partial charge in [0, 0.05) is 17.3 Å². The highest BCUT2D eigenvalue weighted by Crippen LogP contribution is 2.32. The van der Waals surface area contributed by atoms with Crippen molar-refractivity contribution in [3.8, 4) is 17.2 Å². The monoisotopic (exact) mass is 455 g/mol. The number of aromatic nitrogens is 3. The van der Waals surface area contributed by atoms with Crippen molar-refractivity contribution in [2.75, 3.05) is 36.2 Å². The van der Waals surface area contributed by atoms with Gasteiger partial charge in [0.25, 0.3) is 5.95 Å². The van der Waals surface area contributed by atoms with Crippen LogP contribution < -0.4 is 30.8 Å². The van der Waals surface area contributed by atoms with Gasteiger partial charge >= 0.3 is 0 Å². The van der Waals surface area contributed by atoms with Crippen LogP contribution in [0.4, 0.5) is 11.6 Å². The molecule has 0 saturated carbocycles. The number of nitrogens with two attached hydrogens (primary N) is 1. The predicted octanol–water partition coefficient (Wildman–Crippen LogP) is 2.30. The molecule has 4 N–H and O–H groups in total. The fourth-order valence-electron chi connectivity index (χ4n) is 2.80.